The lowest BCUT2D eigenvalue weighted by Gasteiger charge is -2.19. The Morgan fingerprint density at radius 2 is 1.76 bits per heavy atom. The summed E-state index contributed by atoms with van der Waals surface area (Å²) in [5, 5.41) is 2.12. The molecule has 0 heterocycles. The number of carbonyl (C=O) groups is 1. The van der Waals surface area contributed by atoms with Crippen LogP contribution in [0.25, 0.3) is 0 Å². The quantitative estimate of drug-likeness (QED) is 0.382. The lowest BCUT2D eigenvalue weighted by molar-refractivity contribution is -0.137. The minimum Gasteiger partial charge on any atom is -0.481 e. The molecule has 0 aromatic heterocycles. The number of amides is 1. The molecule has 0 saturated heterocycles. The number of nitrogens with one attached hydrogen (secondary N) is 1. The molecular formula is C21H24ClF3NO6P. The second-order valence-electron chi connectivity index (χ2n) is 7.14. The van der Waals surface area contributed by atoms with Gasteiger partial charge in [0.05, 0.1) is 16.7 Å². The van der Waals surface area contributed by atoms with Gasteiger partial charge in [-0.15, -0.1) is 0 Å². The normalized spacial score (nSPS) is 15.3. The number of ether oxygens (including phenoxy) is 2. The summed E-state index contributed by atoms with van der Waals surface area (Å²) in [6.07, 6.45) is -5.93. The molecule has 0 aliphatic rings. The van der Waals surface area contributed by atoms with Gasteiger partial charge in [0.1, 0.15) is 23.5 Å². The maximum atomic E-state index is 12.7. The van der Waals surface area contributed by atoms with Crippen molar-refractivity contribution in [1.82, 2.24) is 5.32 Å². The van der Waals surface area contributed by atoms with Crippen molar-refractivity contribution in [1.29, 1.82) is 0 Å². The molecule has 0 saturated carbocycles. The van der Waals surface area contributed by atoms with Crippen LogP contribution in [0, 0.1) is 0 Å². The van der Waals surface area contributed by atoms with E-state index in [9.17, 15) is 27.4 Å². The van der Waals surface area contributed by atoms with Gasteiger partial charge in [0.15, 0.2) is 6.10 Å². The molecule has 182 valence electrons. The number of rotatable bonds is 10. The Morgan fingerprint density at radius 1 is 1.15 bits per heavy atom. The molecule has 2 rings (SSSR count). The summed E-state index contributed by atoms with van der Waals surface area (Å²) in [6, 6.07) is 8.69. The van der Waals surface area contributed by atoms with Crippen molar-refractivity contribution >= 4 is 25.1 Å². The van der Waals surface area contributed by atoms with Crippen molar-refractivity contribution in [3.8, 4) is 17.2 Å². The van der Waals surface area contributed by atoms with Gasteiger partial charge in [0.25, 0.3) is 5.91 Å². The van der Waals surface area contributed by atoms with Crippen LogP contribution in [0.2, 0.25) is 5.02 Å². The molecule has 2 N–H and O–H groups in total. The molecule has 0 bridgehead atoms. The van der Waals surface area contributed by atoms with Gasteiger partial charge in [-0.3, -0.25) is 9.36 Å². The van der Waals surface area contributed by atoms with Crippen molar-refractivity contribution in [3.05, 3.63) is 53.1 Å². The average Bonchev–Trinajstić information content (AvgIpc) is 2.73. The van der Waals surface area contributed by atoms with Crippen molar-refractivity contribution in [2.75, 3.05) is 6.29 Å². The second-order valence-corrected chi connectivity index (χ2v) is 9.35. The average molecular weight is 510 g/mol. The van der Waals surface area contributed by atoms with Crippen LogP contribution in [0.3, 0.4) is 0 Å². The van der Waals surface area contributed by atoms with Gasteiger partial charge in [-0.2, -0.15) is 13.2 Å². The summed E-state index contributed by atoms with van der Waals surface area (Å²) in [6.45, 7) is 4.91. The summed E-state index contributed by atoms with van der Waals surface area (Å²) in [5.74, 6) is 0.00379. The van der Waals surface area contributed by atoms with Crippen molar-refractivity contribution in [3.63, 3.8) is 0 Å². The smallest absolute Gasteiger partial charge is 0.416 e. The highest BCUT2D eigenvalue weighted by Crippen LogP contribution is 2.42. The van der Waals surface area contributed by atoms with Crippen molar-refractivity contribution in [2.24, 2.45) is 0 Å². The van der Waals surface area contributed by atoms with E-state index in [2.05, 4.69) is 5.32 Å². The molecular weight excluding hydrogens is 486 g/mol. The zero-order chi connectivity index (χ0) is 24.8. The Kier molecular flexibility index (Phi) is 9.20. The van der Waals surface area contributed by atoms with Crippen LogP contribution >= 0.6 is 19.2 Å². The highest BCUT2D eigenvalue weighted by atomic mass is 35.5. The molecule has 2 aromatic carbocycles. The van der Waals surface area contributed by atoms with E-state index in [0.717, 1.165) is 18.2 Å². The summed E-state index contributed by atoms with van der Waals surface area (Å²) < 4.78 is 66.1. The van der Waals surface area contributed by atoms with E-state index in [0.29, 0.717) is 12.2 Å². The number of alkyl halides is 3. The summed E-state index contributed by atoms with van der Waals surface area (Å²) in [7, 11) is -3.98. The van der Waals surface area contributed by atoms with E-state index >= 15 is 0 Å². The first-order valence-corrected chi connectivity index (χ1v) is 12.0. The zero-order valence-electron chi connectivity index (χ0n) is 18.1. The number of carbonyl (C=O) groups excluding carboxylic acids is 1. The summed E-state index contributed by atoms with van der Waals surface area (Å²) in [5.41, 5.74) is -0.889. The van der Waals surface area contributed by atoms with Crippen LogP contribution < -0.4 is 14.8 Å². The lowest BCUT2D eigenvalue weighted by atomic mass is 10.2. The molecule has 0 radical (unpaired) electrons. The van der Waals surface area contributed by atoms with Gasteiger partial charge in [-0.05, 0) is 62.7 Å². The molecule has 0 aliphatic carbocycles. The van der Waals surface area contributed by atoms with Crippen LogP contribution in [-0.2, 0) is 20.1 Å². The van der Waals surface area contributed by atoms with Crippen molar-refractivity contribution < 1.29 is 41.4 Å². The Hall–Kier alpha value is -2.26. The fourth-order valence-corrected chi connectivity index (χ4v) is 3.81. The van der Waals surface area contributed by atoms with Crippen LogP contribution in [0.5, 0.6) is 17.2 Å². The van der Waals surface area contributed by atoms with Gasteiger partial charge in [0.2, 0.25) is 0 Å². The zero-order valence-corrected chi connectivity index (χ0v) is 19.7. The van der Waals surface area contributed by atoms with E-state index < -0.39 is 43.7 Å². The Balaban J connectivity index is 1.92. The maximum Gasteiger partial charge on any atom is 0.416 e. The number of halogens is 4. The number of hydrogen-bond acceptors (Lipinski definition) is 5. The van der Waals surface area contributed by atoms with E-state index in [1.54, 1.807) is 13.8 Å². The monoisotopic (exact) mass is 509 g/mol. The largest absolute Gasteiger partial charge is 0.481 e. The maximum absolute atomic E-state index is 12.7. The van der Waals surface area contributed by atoms with E-state index in [1.165, 1.54) is 31.2 Å². The third-order valence-electron chi connectivity index (χ3n) is 4.37. The van der Waals surface area contributed by atoms with Crippen LogP contribution in [0.1, 0.15) is 32.8 Å². The fraction of sp³-hybridized carbons (Fsp3) is 0.381. The predicted molar refractivity (Wildman–Crippen MR) is 117 cm³/mol. The molecule has 2 aromatic rings. The van der Waals surface area contributed by atoms with Gasteiger partial charge < -0.3 is 24.2 Å². The second kappa shape index (κ2) is 11.2. The first kappa shape index (κ1) is 27.0. The van der Waals surface area contributed by atoms with Crippen molar-refractivity contribution in [2.45, 2.75) is 45.6 Å². The number of benzene rings is 2. The van der Waals surface area contributed by atoms with Gasteiger partial charge in [-0.1, -0.05) is 18.5 Å². The van der Waals surface area contributed by atoms with E-state index in [4.69, 9.17) is 25.6 Å². The molecule has 3 unspecified atom stereocenters. The summed E-state index contributed by atoms with van der Waals surface area (Å²) in [4.78, 5) is 21.9. The Bertz CT molecular complexity index is 1000. The molecule has 1 amide bonds. The standard InChI is InChI=1S/C21H24ClF3NO6P/c1-4-13(2)32-33(28,29)12-26-20(27)14(3)30-16-6-8-17(9-7-16)31-19-10-5-15(11-18(19)22)21(23,24)25/h5-11,13-14H,4,12H2,1-3H3,(H,26,27)(H,28,29). The molecule has 0 aliphatic heterocycles. The fourth-order valence-electron chi connectivity index (χ4n) is 2.45. The molecule has 0 spiro atoms. The van der Waals surface area contributed by atoms with E-state index in [-0.39, 0.29) is 16.5 Å². The highest BCUT2D eigenvalue weighted by Gasteiger charge is 2.31. The topological polar surface area (TPSA) is 94.1 Å². The predicted octanol–water partition coefficient (Wildman–Crippen LogP) is 5.99. The molecule has 3 atom stereocenters. The van der Waals surface area contributed by atoms with E-state index in [1.807, 2.05) is 0 Å². The Labute approximate surface area is 194 Å². The van der Waals surface area contributed by atoms with Gasteiger partial charge in [-0.25, -0.2) is 0 Å². The molecule has 0 fully saturated rings. The number of hydrogen-bond donors (Lipinski definition) is 2. The first-order valence-electron chi connectivity index (χ1n) is 9.90. The first-order chi connectivity index (χ1) is 15.3. The SMILES string of the molecule is CCC(C)OP(=O)(O)CNC(=O)C(C)Oc1ccc(Oc2ccc(C(F)(F)F)cc2Cl)cc1. The summed E-state index contributed by atoms with van der Waals surface area (Å²) >= 11 is 5.88. The van der Waals surface area contributed by atoms with Gasteiger partial charge >= 0.3 is 13.8 Å². The third-order valence-corrected chi connectivity index (χ3v) is 5.91. The molecule has 12 heteroatoms. The Morgan fingerprint density at radius 3 is 2.30 bits per heavy atom. The molecule has 7 nitrogen and oxygen atoms in total. The van der Waals surface area contributed by atoms with Crippen LogP contribution in [0.4, 0.5) is 13.2 Å². The molecule has 33 heavy (non-hydrogen) atoms. The minimum absolute atomic E-state index is 0.0409. The van der Waals surface area contributed by atoms with Crippen LogP contribution in [0.15, 0.2) is 42.5 Å². The highest BCUT2D eigenvalue weighted by molar-refractivity contribution is 7.52. The van der Waals surface area contributed by atoms with Gasteiger partial charge in [0, 0.05) is 0 Å². The lowest BCUT2D eigenvalue weighted by Crippen LogP contribution is -2.37. The van der Waals surface area contributed by atoms with Crippen LogP contribution in [-0.4, -0.2) is 29.3 Å². The minimum atomic E-state index is -4.51. The third kappa shape index (κ3) is 8.55.